The first-order chi connectivity index (χ1) is 15.9. The number of quaternary nitrogens is 2. The molecule has 4 heterocycles. The van der Waals surface area contributed by atoms with Crippen molar-refractivity contribution in [2.45, 2.75) is 60.4 Å². The van der Waals surface area contributed by atoms with E-state index in [1.807, 2.05) is 12.4 Å². The zero-order valence-corrected chi connectivity index (χ0v) is 21.4. The molecule has 3 aliphatic heterocycles. The van der Waals surface area contributed by atoms with Gasteiger partial charge in [-0.05, 0) is 54.4 Å². The average molecular weight is 462 g/mol. The first kappa shape index (κ1) is 25.9. The van der Waals surface area contributed by atoms with Crippen molar-refractivity contribution in [1.29, 1.82) is 0 Å². The van der Waals surface area contributed by atoms with Gasteiger partial charge >= 0.3 is 7.12 Å². The Morgan fingerprint density at radius 1 is 0.909 bits per heavy atom. The Balaban J connectivity index is 1.86. The number of nitrogens with one attached hydrogen (secondary N) is 1. The molecule has 1 N–H and O–H groups in total. The number of carbonyl (C=O) groups excluding carboxylic acids is 1. The van der Waals surface area contributed by atoms with Crippen LogP contribution in [-0.2, 0) is 14.3 Å². The van der Waals surface area contributed by atoms with E-state index in [1.165, 1.54) is 0 Å². The molecule has 2 bridgehead atoms. The Morgan fingerprint density at radius 3 is 1.88 bits per heavy atom. The lowest BCUT2D eigenvalue weighted by Crippen LogP contribution is -2.61. The van der Waals surface area contributed by atoms with Gasteiger partial charge in [0.05, 0.1) is 5.92 Å². The Labute approximate surface area is 199 Å². The standard InChI is InChI=1S/C23H42BN6O3/c1-7-29(8-2,9-3)32-24(33-30(10-4,11-5)12-6)20-15-25-23(26-16-20)28-17-19-13-14-21(18-28)27-22(19)31/h15-16,19,21H,7-14,17-18H2,1-6H3/q+1/p+1. The predicted molar refractivity (Wildman–Crippen MR) is 130 cm³/mol. The minimum absolute atomic E-state index is 0.0135. The molecule has 1 aromatic heterocycles. The maximum absolute atomic E-state index is 12.2. The summed E-state index contributed by atoms with van der Waals surface area (Å²) in [7, 11) is -0.567. The summed E-state index contributed by atoms with van der Waals surface area (Å²) in [6.07, 6.45) is 5.62. The van der Waals surface area contributed by atoms with Crippen LogP contribution in [0.15, 0.2) is 12.4 Å². The van der Waals surface area contributed by atoms with Crippen LogP contribution in [0.4, 0.5) is 5.95 Å². The zero-order chi connectivity index (χ0) is 24.1. The van der Waals surface area contributed by atoms with Gasteiger partial charge in [0.1, 0.15) is 39.3 Å². The predicted octanol–water partition coefficient (Wildman–Crippen LogP) is 1.50. The fourth-order valence-corrected chi connectivity index (χ4v) is 4.96. The molecule has 3 aliphatic rings. The second-order valence-corrected chi connectivity index (χ2v) is 9.26. The fraction of sp³-hybridized carbons (Fsp3) is 0.783. The van der Waals surface area contributed by atoms with Crippen molar-refractivity contribution in [3.05, 3.63) is 12.4 Å². The molecule has 9 nitrogen and oxygen atoms in total. The van der Waals surface area contributed by atoms with Crippen LogP contribution in [0.5, 0.6) is 0 Å². The molecule has 1 amide bonds. The minimum Gasteiger partial charge on any atom is -0.351 e. The molecule has 4 rings (SSSR count). The van der Waals surface area contributed by atoms with Crippen molar-refractivity contribution in [1.82, 2.24) is 15.3 Å². The molecule has 0 saturated carbocycles. The monoisotopic (exact) mass is 462 g/mol. The summed E-state index contributed by atoms with van der Waals surface area (Å²) in [5.74, 6) is 0.836. The summed E-state index contributed by atoms with van der Waals surface area (Å²) in [5.41, 5.74) is 0.821. The van der Waals surface area contributed by atoms with Gasteiger partial charge in [0.25, 0.3) is 0 Å². The van der Waals surface area contributed by atoms with Gasteiger partial charge in [-0.25, -0.2) is 19.5 Å². The topological polar surface area (TPSA) is 76.6 Å². The number of hydrogen-bond donors (Lipinski definition) is 1. The maximum Gasteiger partial charge on any atom is 0.621 e. The molecule has 10 heteroatoms. The van der Waals surface area contributed by atoms with Crippen LogP contribution < -0.4 is 15.7 Å². The molecule has 0 aromatic carbocycles. The van der Waals surface area contributed by atoms with Gasteiger partial charge in [0.2, 0.25) is 11.9 Å². The number of hydroxylamine groups is 6. The van der Waals surface area contributed by atoms with Crippen molar-refractivity contribution in [3.63, 3.8) is 0 Å². The number of rotatable bonds is 12. The van der Waals surface area contributed by atoms with E-state index < -0.39 is 7.12 Å². The molecule has 184 valence electrons. The van der Waals surface area contributed by atoms with Crippen LogP contribution in [0, 0.1) is 5.92 Å². The molecule has 33 heavy (non-hydrogen) atoms. The molecule has 1 aromatic rings. The second kappa shape index (κ2) is 11.1. The van der Waals surface area contributed by atoms with Crippen LogP contribution in [-0.4, -0.2) is 90.7 Å². The van der Waals surface area contributed by atoms with Crippen LogP contribution in [0.25, 0.3) is 0 Å². The Hall–Kier alpha value is -1.75. The number of hydrogen-bond acceptors (Lipinski definition) is 6. The second-order valence-electron chi connectivity index (χ2n) is 9.26. The van der Waals surface area contributed by atoms with E-state index in [9.17, 15) is 4.79 Å². The number of aromatic nitrogens is 2. The van der Waals surface area contributed by atoms with Gasteiger partial charge in [-0.2, -0.15) is 9.29 Å². The summed E-state index contributed by atoms with van der Waals surface area (Å²) in [6.45, 7) is 19.4. The Morgan fingerprint density at radius 2 is 1.42 bits per heavy atom. The van der Waals surface area contributed by atoms with Crippen molar-refractivity contribution >= 4 is 24.4 Å². The van der Waals surface area contributed by atoms with E-state index in [0.717, 1.165) is 64.1 Å². The van der Waals surface area contributed by atoms with E-state index in [-0.39, 0.29) is 17.9 Å². The summed E-state index contributed by atoms with van der Waals surface area (Å²) in [4.78, 5) is 23.8. The van der Waals surface area contributed by atoms with Crippen molar-refractivity contribution in [2.24, 2.45) is 5.92 Å². The van der Waals surface area contributed by atoms with Gasteiger partial charge in [0.15, 0.2) is 0 Å². The first-order valence-corrected chi connectivity index (χ1v) is 12.8. The number of amides is 1. The highest BCUT2D eigenvalue weighted by atomic mass is 16.8. The number of fused-ring (bicyclic) bond motifs is 4. The van der Waals surface area contributed by atoms with Crippen LogP contribution in [0.2, 0.25) is 0 Å². The van der Waals surface area contributed by atoms with E-state index in [4.69, 9.17) is 19.5 Å². The minimum atomic E-state index is -0.567. The molecule has 3 saturated heterocycles. The molecular weight excluding hydrogens is 419 g/mol. The molecule has 0 radical (unpaired) electrons. The first-order valence-electron chi connectivity index (χ1n) is 12.8. The van der Waals surface area contributed by atoms with E-state index in [0.29, 0.717) is 21.8 Å². The maximum atomic E-state index is 12.2. The number of nitrogens with zero attached hydrogens (tertiary/aromatic N) is 5. The number of carbonyl (C=O) groups is 1. The SMILES string of the molecule is CC[N+](CC)(CC)OB(O[N+](CC)(CC)CC)c1cnc(N2CC3CCC(C2)C(=O)N3)nc1. The lowest BCUT2D eigenvalue weighted by atomic mass is 9.81. The van der Waals surface area contributed by atoms with Gasteiger partial charge in [-0.1, -0.05) is 0 Å². The smallest absolute Gasteiger partial charge is 0.351 e. The normalized spacial score (nSPS) is 21.2. The molecule has 0 spiro atoms. The molecular formula is C23H43BN6O3+2. The van der Waals surface area contributed by atoms with Crippen molar-refractivity contribution in [2.75, 3.05) is 57.3 Å². The number of piperidine rings is 1. The molecule has 0 aliphatic carbocycles. The van der Waals surface area contributed by atoms with Gasteiger partial charge < -0.3 is 10.2 Å². The van der Waals surface area contributed by atoms with Gasteiger partial charge in [0, 0.05) is 37.0 Å². The largest absolute Gasteiger partial charge is 0.621 e. The van der Waals surface area contributed by atoms with Gasteiger partial charge in [-0.3, -0.25) is 4.79 Å². The van der Waals surface area contributed by atoms with E-state index in [1.54, 1.807) is 0 Å². The van der Waals surface area contributed by atoms with E-state index in [2.05, 4.69) is 51.8 Å². The molecule has 3 fully saturated rings. The third-order valence-electron chi connectivity index (χ3n) is 7.77. The third kappa shape index (κ3) is 5.67. The van der Waals surface area contributed by atoms with E-state index >= 15 is 0 Å². The van der Waals surface area contributed by atoms with Gasteiger partial charge in [-0.15, -0.1) is 0 Å². The quantitative estimate of drug-likeness (QED) is 0.288. The van der Waals surface area contributed by atoms with Crippen LogP contribution in [0.3, 0.4) is 0 Å². The zero-order valence-electron chi connectivity index (χ0n) is 21.4. The Bertz CT molecular complexity index is 733. The fourth-order valence-electron chi connectivity index (χ4n) is 4.96. The van der Waals surface area contributed by atoms with Crippen LogP contribution in [0.1, 0.15) is 54.4 Å². The summed E-state index contributed by atoms with van der Waals surface area (Å²) < 4.78 is 14.3. The summed E-state index contributed by atoms with van der Waals surface area (Å²) in [5, 5.41) is 3.12. The highest BCUT2D eigenvalue weighted by Gasteiger charge is 2.43. The Kier molecular flexibility index (Phi) is 8.72. The number of anilines is 1. The average Bonchev–Trinajstić information content (AvgIpc) is 3.17. The highest BCUT2D eigenvalue weighted by Crippen LogP contribution is 2.24. The molecule has 2 unspecified atom stereocenters. The van der Waals surface area contributed by atoms with Crippen LogP contribution >= 0.6 is 0 Å². The third-order valence-corrected chi connectivity index (χ3v) is 7.77. The molecule has 2 atom stereocenters. The summed E-state index contributed by atoms with van der Waals surface area (Å²) >= 11 is 0. The van der Waals surface area contributed by atoms with Crippen molar-refractivity contribution in [3.8, 4) is 0 Å². The van der Waals surface area contributed by atoms with Crippen molar-refractivity contribution < 1.29 is 23.6 Å². The summed E-state index contributed by atoms with van der Waals surface area (Å²) in [6, 6.07) is 0.173. The highest BCUT2D eigenvalue weighted by molar-refractivity contribution is 6.60. The lowest BCUT2D eigenvalue weighted by molar-refractivity contribution is -1.11. The lowest BCUT2D eigenvalue weighted by Gasteiger charge is -2.39.